The lowest BCUT2D eigenvalue weighted by atomic mass is 10.2. The molecular weight excluding hydrogens is 470 g/mol. The Morgan fingerprint density at radius 1 is 1.21 bits per heavy atom. The molecule has 0 aliphatic carbocycles. The molecule has 2 N–H and O–H groups in total. The number of rotatable bonds is 9. The van der Waals surface area contributed by atoms with E-state index in [-0.39, 0.29) is 12.2 Å². The highest BCUT2D eigenvalue weighted by Crippen LogP contribution is 2.34. The Balaban J connectivity index is 1.49. The molecule has 1 amide bonds. The van der Waals surface area contributed by atoms with Crippen LogP contribution in [0.2, 0.25) is 0 Å². The van der Waals surface area contributed by atoms with Gasteiger partial charge >= 0.3 is 0 Å². The number of fused-ring (bicyclic) bond motifs is 1. The van der Waals surface area contributed by atoms with Crippen molar-refractivity contribution < 1.29 is 23.0 Å². The number of benzene rings is 2. The van der Waals surface area contributed by atoms with Gasteiger partial charge in [0.05, 0.1) is 36.1 Å². The van der Waals surface area contributed by atoms with Crippen LogP contribution in [0.4, 0.5) is 26.0 Å². The lowest BCUT2D eigenvalue weighted by Crippen LogP contribution is -2.19. The second-order valence-corrected chi connectivity index (χ2v) is 7.36. The van der Waals surface area contributed by atoms with E-state index in [4.69, 9.17) is 21.1 Å². The summed E-state index contributed by atoms with van der Waals surface area (Å²) >= 11 is 5.70. The minimum Gasteiger partial charge on any atom is -0.493 e. The van der Waals surface area contributed by atoms with Crippen LogP contribution in [0.15, 0.2) is 49.1 Å². The van der Waals surface area contributed by atoms with Gasteiger partial charge in [0.15, 0.2) is 23.1 Å². The molecule has 9 nitrogen and oxygen atoms in total. The van der Waals surface area contributed by atoms with Gasteiger partial charge in [0.2, 0.25) is 5.91 Å². The number of hydrogen-bond donors (Lipinski definition) is 2. The van der Waals surface area contributed by atoms with Crippen LogP contribution >= 0.6 is 11.6 Å². The summed E-state index contributed by atoms with van der Waals surface area (Å²) in [6.45, 7) is 0.107. The average Bonchev–Trinajstić information content (AvgIpc) is 3.26. The number of nitrogens with zero attached hydrogens (tertiary/aromatic N) is 4. The SMILES string of the molecule is COc1cc2c(Nc3cnn(CC(=O)Nc4cccc(F)c4F)c3)ncnc2cc1OCCCl. The Morgan fingerprint density at radius 2 is 2.06 bits per heavy atom. The fourth-order valence-corrected chi connectivity index (χ4v) is 3.25. The number of ether oxygens (including phenoxy) is 2. The minimum atomic E-state index is -1.12. The fraction of sp³-hybridized carbons (Fsp3) is 0.182. The molecule has 2 aromatic heterocycles. The van der Waals surface area contributed by atoms with E-state index < -0.39 is 17.5 Å². The van der Waals surface area contributed by atoms with Crippen molar-refractivity contribution >= 4 is 45.6 Å². The van der Waals surface area contributed by atoms with E-state index in [9.17, 15) is 13.6 Å². The van der Waals surface area contributed by atoms with Gasteiger partial charge in [-0.1, -0.05) is 6.07 Å². The van der Waals surface area contributed by atoms with Gasteiger partial charge in [0, 0.05) is 17.6 Å². The molecule has 34 heavy (non-hydrogen) atoms. The van der Waals surface area contributed by atoms with Crippen molar-refractivity contribution in [2.45, 2.75) is 6.54 Å². The molecule has 0 saturated heterocycles. The van der Waals surface area contributed by atoms with Crippen LogP contribution in [0.5, 0.6) is 11.5 Å². The Labute approximate surface area is 197 Å². The Bertz CT molecular complexity index is 1330. The van der Waals surface area contributed by atoms with Crippen LogP contribution < -0.4 is 20.1 Å². The number of nitrogens with one attached hydrogen (secondary N) is 2. The highest BCUT2D eigenvalue weighted by atomic mass is 35.5. The molecule has 0 saturated carbocycles. The van der Waals surface area contributed by atoms with E-state index in [2.05, 4.69) is 25.7 Å². The first-order chi connectivity index (χ1) is 16.5. The number of halogens is 3. The Hall–Kier alpha value is -3.99. The van der Waals surface area contributed by atoms with Gasteiger partial charge in [-0.2, -0.15) is 5.10 Å². The van der Waals surface area contributed by atoms with Crippen molar-refractivity contribution in [1.29, 1.82) is 0 Å². The molecule has 0 aliphatic heterocycles. The van der Waals surface area contributed by atoms with Gasteiger partial charge in [0.25, 0.3) is 0 Å². The standard InChI is InChI=1S/C22H19ClF2N6O3/c1-33-18-7-14-17(8-19(18)34-6-5-23)26-12-27-22(14)29-13-9-28-31(10-13)11-20(32)30-16-4-2-3-15(24)21(16)25/h2-4,7-10,12H,5-6,11H2,1H3,(H,30,32)(H,26,27,29). The molecule has 0 fully saturated rings. The summed E-state index contributed by atoms with van der Waals surface area (Å²) in [6.07, 6.45) is 4.47. The zero-order valence-electron chi connectivity index (χ0n) is 17.9. The predicted molar refractivity (Wildman–Crippen MR) is 123 cm³/mol. The molecular formula is C22H19ClF2N6O3. The number of hydrogen-bond acceptors (Lipinski definition) is 7. The summed E-state index contributed by atoms with van der Waals surface area (Å²) in [7, 11) is 1.52. The lowest BCUT2D eigenvalue weighted by Gasteiger charge is -2.12. The van der Waals surface area contributed by atoms with Crippen molar-refractivity contribution in [2.24, 2.45) is 0 Å². The highest BCUT2D eigenvalue weighted by Gasteiger charge is 2.14. The maximum Gasteiger partial charge on any atom is 0.246 e. The predicted octanol–water partition coefficient (Wildman–Crippen LogP) is 4.11. The first-order valence-electron chi connectivity index (χ1n) is 10.0. The molecule has 4 rings (SSSR count). The number of anilines is 3. The highest BCUT2D eigenvalue weighted by molar-refractivity contribution is 6.18. The van der Waals surface area contributed by atoms with Gasteiger partial charge < -0.3 is 20.1 Å². The second kappa shape index (κ2) is 10.3. The van der Waals surface area contributed by atoms with Crippen molar-refractivity contribution in [2.75, 3.05) is 30.2 Å². The monoisotopic (exact) mass is 488 g/mol. The van der Waals surface area contributed by atoms with Crippen LogP contribution in [-0.4, -0.2) is 45.3 Å². The number of aromatic nitrogens is 4. The molecule has 2 aromatic carbocycles. The molecule has 0 radical (unpaired) electrons. The molecule has 0 spiro atoms. The second-order valence-electron chi connectivity index (χ2n) is 6.98. The number of carbonyl (C=O) groups is 1. The minimum absolute atomic E-state index is 0.211. The first kappa shape index (κ1) is 23.2. The number of alkyl halides is 1. The van der Waals surface area contributed by atoms with Crippen LogP contribution in [0, 0.1) is 11.6 Å². The van der Waals surface area contributed by atoms with Crippen LogP contribution in [0.25, 0.3) is 10.9 Å². The third-order valence-corrected chi connectivity index (χ3v) is 4.84. The number of methoxy groups -OCH3 is 1. The Morgan fingerprint density at radius 3 is 2.85 bits per heavy atom. The summed E-state index contributed by atoms with van der Waals surface area (Å²) in [6, 6.07) is 7.01. The molecule has 12 heteroatoms. The largest absolute Gasteiger partial charge is 0.493 e. The maximum atomic E-state index is 13.8. The molecule has 0 unspecified atom stereocenters. The van der Waals surface area contributed by atoms with Gasteiger partial charge in [-0.3, -0.25) is 9.48 Å². The summed E-state index contributed by atoms with van der Waals surface area (Å²) in [5.41, 5.74) is 0.921. The van der Waals surface area contributed by atoms with E-state index >= 15 is 0 Å². The van der Waals surface area contributed by atoms with Crippen molar-refractivity contribution in [3.63, 3.8) is 0 Å². The summed E-state index contributed by atoms with van der Waals surface area (Å²) in [5.74, 6) is -0.923. The summed E-state index contributed by atoms with van der Waals surface area (Å²) < 4.78 is 39.4. The molecule has 0 aliphatic rings. The van der Waals surface area contributed by atoms with Crippen molar-refractivity contribution in [3.8, 4) is 11.5 Å². The van der Waals surface area contributed by atoms with E-state index in [0.29, 0.717) is 46.4 Å². The van der Waals surface area contributed by atoms with E-state index in [1.54, 1.807) is 18.3 Å². The van der Waals surface area contributed by atoms with Gasteiger partial charge in [0.1, 0.15) is 25.3 Å². The van der Waals surface area contributed by atoms with Crippen molar-refractivity contribution in [3.05, 3.63) is 60.7 Å². The zero-order chi connectivity index (χ0) is 24.1. The number of carbonyl (C=O) groups excluding carboxylic acids is 1. The third-order valence-electron chi connectivity index (χ3n) is 4.68. The average molecular weight is 489 g/mol. The molecule has 0 atom stereocenters. The van der Waals surface area contributed by atoms with Gasteiger partial charge in [-0.15, -0.1) is 11.6 Å². The molecule has 2 heterocycles. The van der Waals surface area contributed by atoms with Crippen LogP contribution in [-0.2, 0) is 11.3 Å². The topological polar surface area (TPSA) is 103 Å². The van der Waals surface area contributed by atoms with Gasteiger partial charge in [-0.05, 0) is 18.2 Å². The Kier molecular flexibility index (Phi) is 7.02. The fourth-order valence-electron chi connectivity index (χ4n) is 3.17. The lowest BCUT2D eigenvalue weighted by molar-refractivity contribution is -0.116. The number of amides is 1. The normalized spacial score (nSPS) is 10.8. The van der Waals surface area contributed by atoms with Gasteiger partial charge in [-0.25, -0.2) is 18.7 Å². The quantitative estimate of drug-likeness (QED) is 0.342. The first-order valence-corrected chi connectivity index (χ1v) is 10.6. The summed E-state index contributed by atoms with van der Waals surface area (Å²) in [5, 5.41) is 10.2. The molecule has 176 valence electrons. The van der Waals surface area contributed by atoms with Crippen LogP contribution in [0.1, 0.15) is 0 Å². The smallest absolute Gasteiger partial charge is 0.246 e. The van der Waals surface area contributed by atoms with Crippen LogP contribution in [0.3, 0.4) is 0 Å². The molecule has 4 aromatic rings. The van der Waals surface area contributed by atoms with Crippen molar-refractivity contribution in [1.82, 2.24) is 19.7 Å². The third kappa shape index (κ3) is 5.15. The van der Waals surface area contributed by atoms with E-state index in [1.165, 1.54) is 36.4 Å². The summed E-state index contributed by atoms with van der Waals surface area (Å²) in [4.78, 5) is 20.8. The van der Waals surface area contributed by atoms with E-state index in [0.717, 1.165) is 6.07 Å². The van der Waals surface area contributed by atoms with E-state index in [1.807, 2.05) is 0 Å². The maximum absolute atomic E-state index is 13.8. The zero-order valence-corrected chi connectivity index (χ0v) is 18.6. The molecule has 0 bridgehead atoms.